The lowest BCUT2D eigenvalue weighted by Gasteiger charge is -2.30. The van der Waals surface area contributed by atoms with Gasteiger partial charge in [0.15, 0.2) is 0 Å². The van der Waals surface area contributed by atoms with Gasteiger partial charge in [-0.15, -0.1) is 13.2 Å². The van der Waals surface area contributed by atoms with Crippen molar-refractivity contribution in [3.05, 3.63) is 24.3 Å². The summed E-state index contributed by atoms with van der Waals surface area (Å²) >= 11 is 0. The van der Waals surface area contributed by atoms with E-state index >= 15 is 0 Å². The van der Waals surface area contributed by atoms with Crippen molar-refractivity contribution in [3.63, 3.8) is 0 Å². The lowest BCUT2D eigenvalue weighted by Crippen LogP contribution is -2.43. The number of nitrogens with two attached hydrogens (primary N) is 1. The van der Waals surface area contributed by atoms with Gasteiger partial charge in [0.25, 0.3) is 10.2 Å². The highest BCUT2D eigenvalue weighted by atomic mass is 32.2. The van der Waals surface area contributed by atoms with Crippen molar-refractivity contribution in [3.8, 4) is 11.5 Å². The quantitative estimate of drug-likeness (QED) is 0.850. The smallest absolute Gasteiger partial charge is 0.493 e. The van der Waals surface area contributed by atoms with Gasteiger partial charge in [0.2, 0.25) is 0 Å². The topological polar surface area (TPSA) is 81.9 Å². The zero-order valence-electron chi connectivity index (χ0n) is 13.3. The fourth-order valence-electron chi connectivity index (χ4n) is 3.42. The molecule has 1 aliphatic heterocycles. The molecule has 10 heteroatoms. The minimum absolute atomic E-state index is 0.0568. The number of hydrogen-bond donors (Lipinski definition) is 1. The Kier molecular flexibility index (Phi) is 4.63. The summed E-state index contributed by atoms with van der Waals surface area (Å²) in [5, 5.41) is 5.13. The molecule has 1 saturated heterocycles. The van der Waals surface area contributed by atoms with Gasteiger partial charge in [-0.1, -0.05) is 6.07 Å². The molecule has 1 heterocycles. The summed E-state index contributed by atoms with van der Waals surface area (Å²) in [6, 6.07) is 5.42. The van der Waals surface area contributed by atoms with E-state index in [9.17, 15) is 21.6 Å². The van der Waals surface area contributed by atoms with Gasteiger partial charge in [-0.25, -0.2) is 5.14 Å². The van der Waals surface area contributed by atoms with Crippen LogP contribution in [0.15, 0.2) is 24.3 Å². The molecule has 3 rings (SSSR count). The lowest BCUT2D eigenvalue weighted by atomic mass is 9.92. The van der Waals surface area contributed by atoms with Gasteiger partial charge in [-0.05, 0) is 42.7 Å². The second-order valence-electron chi connectivity index (χ2n) is 6.54. The van der Waals surface area contributed by atoms with Crippen LogP contribution in [0.25, 0.3) is 0 Å². The molecular formula is C15H19F3N2O4S. The SMILES string of the molecule is NS(=O)(=O)N1CCC2(CC1)C[C@H]2COc1cccc(OC(F)(F)F)c1. The van der Waals surface area contributed by atoms with Crippen LogP contribution in [0.5, 0.6) is 11.5 Å². The Balaban J connectivity index is 1.51. The first-order valence-electron chi connectivity index (χ1n) is 7.84. The number of benzene rings is 1. The molecule has 2 fully saturated rings. The van der Waals surface area contributed by atoms with Crippen LogP contribution >= 0.6 is 0 Å². The molecule has 1 atom stereocenters. The highest BCUT2D eigenvalue weighted by Gasteiger charge is 2.55. The largest absolute Gasteiger partial charge is 0.573 e. The van der Waals surface area contributed by atoms with E-state index in [1.807, 2.05) is 0 Å². The third-order valence-corrected chi connectivity index (χ3v) is 6.01. The molecule has 1 aromatic rings. The Morgan fingerprint density at radius 3 is 2.48 bits per heavy atom. The standard InChI is InChI=1S/C15H19F3N2O4S/c16-15(17,18)24-13-3-1-2-12(8-13)23-10-11-9-14(11)4-6-20(7-5-14)25(19,21)22/h1-3,8,11H,4-7,9-10H2,(H2,19,21,22)/t11-/m0/s1. The van der Waals surface area contributed by atoms with Gasteiger partial charge in [0.1, 0.15) is 11.5 Å². The van der Waals surface area contributed by atoms with E-state index < -0.39 is 16.6 Å². The van der Waals surface area contributed by atoms with Crippen LogP contribution in [0.3, 0.4) is 0 Å². The Bertz CT molecular complexity index is 731. The van der Waals surface area contributed by atoms with Crippen molar-refractivity contribution in [1.29, 1.82) is 0 Å². The molecule has 1 aliphatic carbocycles. The molecule has 140 valence electrons. The van der Waals surface area contributed by atoms with Crippen molar-refractivity contribution in [2.24, 2.45) is 16.5 Å². The van der Waals surface area contributed by atoms with Crippen molar-refractivity contribution < 1.29 is 31.1 Å². The molecular weight excluding hydrogens is 361 g/mol. The van der Waals surface area contributed by atoms with Crippen LogP contribution in [0.4, 0.5) is 13.2 Å². The first-order chi connectivity index (χ1) is 11.6. The second kappa shape index (κ2) is 6.33. The third-order valence-electron chi connectivity index (χ3n) is 4.93. The number of rotatable bonds is 5. The molecule has 0 bridgehead atoms. The zero-order chi connectivity index (χ0) is 18.3. The third kappa shape index (κ3) is 4.56. The molecule has 0 amide bonds. The predicted octanol–water partition coefficient (Wildman–Crippen LogP) is 2.27. The van der Waals surface area contributed by atoms with E-state index in [0.717, 1.165) is 6.42 Å². The van der Waals surface area contributed by atoms with Crippen LogP contribution in [0.2, 0.25) is 0 Å². The summed E-state index contributed by atoms with van der Waals surface area (Å²) in [5.74, 6) is 0.255. The molecule has 1 saturated carbocycles. The first kappa shape index (κ1) is 18.3. The van der Waals surface area contributed by atoms with Gasteiger partial charge < -0.3 is 9.47 Å². The number of nitrogens with zero attached hydrogens (tertiary/aromatic N) is 1. The van der Waals surface area contributed by atoms with E-state index in [0.29, 0.717) is 38.3 Å². The van der Waals surface area contributed by atoms with Crippen molar-refractivity contribution in [2.45, 2.75) is 25.6 Å². The summed E-state index contributed by atoms with van der Waals surface area (Å²) in [7, 11) is -3.64. The van der Waals surface area contributed by atoms with E-state index in [1.54, 1.807) is 6.07 Å². The predicted molar refractivity (Wildman–Crippen MR) is 83.1 cm³/mol. The normalized spacial score (nSPS) is 23.4. The molecule has 1 spiro atoms. The van der Waals surface area contributed by atoms with Crippen LogP contribution in [-0.4, -0.2) is 38.8 Å². The summed E-state index contributed by atoms with van der Waals surface area (Å²) < 4.78 is 70.1. The zero-order valence-corrected chi connectivity index (χ0v) is 14.1. The monoisotopic (exact) mass is 380 g/mol. The molecule has 25 heavy (non-hydrogen) atoms. The summed E-state index contributed by atoms with van der Waals surface area (Å²) in [4.78, 5) is 0. The number of ether oxygens (including phenoxy) is 2. The molecule has 0 aromatic heterocycles. The fraction of sp³-hybridized carbons (Fsp3) is 0.600. The van der Waals surface area contributed by atoms with Gasteiger partial charge >= 0.3 is 6.36 Å². The number of alkyl halides is 3. The summed E-state index contributed by atoms with van der Waals surface area (Å²) in [6.07, 6.45) is -2.38. The molecule has 2 N–H and O–H groups in total. The van der Waals surface area contributed by atoms with Crippen molar-refractivity contribution in [2.75, 3.05) is 19.7 Å². The Morgan fingerprint density at radius 2 is 1.88 bits per heavy atom. The Morgan fingerprint density at radius 1 is 1.24 bits per heavy atom. The maximum Gasteiger partial charge on any atom is 0.573 e. The van der Waals surface area contributed by atoms with E-state index in [-0.39, 0.29) is 17.1 Å². The average Bonchev–Trinajstić information content (AvgIpc) is 3.15. The maximum atomic E-state index is 12.2. The highest BCUT2D eigenvalue weighted by molar-refractivity contribution is 7.86. The maximum absolute atomic E-state index is 12.2. The summed E-state index contributed by atoms with van der Waals surface area (Å²) in [6.45, 7) is 1.17. The number of hydrogen-bond acceptors (Lipinski definition) is 4. The summed E-state index contributed by atoms with van der Waals surface area (Å²) in [5.41, 5.74) is 0.0568. The second-order valence-corrected chi connectivity index (χ2v) is 8.09. The Labute approximate surface area is 143 Å². The van der Waals surface area contributed by atoms with Crippen molar-refractivity contribution in [1.82, 2.24) is 4.31 Å². The molecule has 0 radical (unpaired) electrons. The van der Waals surface area contributed by atoms with Crippen LogP contribution < -0.4 is 14.6 Å². The van der Waals surface area contributed by atoms with Gasteiger partial charge in [-0.2, -0.15) is 12.7 Å². The molecule has 6 nitrogen and oxygen atoms in total. The Hall–Kier alpha value is -1.52. The van der Waals surface area contributed by atoms with E-state index in [2.05, 4.69) is 4.74 Å². The van der Waals surface area contributed by atoms with E-state index in [4.69, 9.17) is 9.88 Å². The minimum atomic E-state index is -4.74. The van der Waals surface area contributed by atoms with Crippen LogP contribution in [-0.2, 0) is 10.2 Å². The first-order valence-corrected chi connectivity index (χ1v) is 9.34. The number of piperidine rings is 1. The molecule has 2 aliphatic rings. The van der Waals surface area contributed by atoms with Gasteiger partial charge in [0.05, 0.1) is 6.61 Å². The van der Waals surface area contributed by atoms with Crippen LogP contribution in [0, 0.1) is 11.3 Å². The van der Waals surface area contributed by atoms with Crippen molar-refractivity contribution >= 4 is 10.2 Å². The fourth-order valence-corrected chi connectivity index (χ4v) is 4.12. The van der Waals surface area contributed by atoms with E-state index in [1.165, 1.54) is 22.5 Å². The van der Waals surface area contributed by atoms with Crippen LogP contribution in [0.1, 0.15) is 19.3 Å². The van der Waals surface area contributed by atoms with Gasteiger partial charge in [0, 0.05) is 19.2 Å². The highest BCUT2D eigenvalue weighted by Crippen LogP contribution is 2.59. The lowest BCUT2D eigenvalue weighted by molar-refractivity contribution is -0.274. The molecule has 1 aromatic carbocycles. The molecule has 0 unspecified atom stereocenters. The van der Waals surface area contributed by atoms with Gasteiger partial charge in [-0.3, -0.25) is 0 Å². The average molecular weight is 380 g/mol. The number of halogens is 3. The minimum Gasteiger partial charge on any atom is -0.493 e.